The van der Waals surface area contributed by atoms with Crippen LogP contribution in [0, 0.1) is 0 Å². The van der Waals surface area contributed by atoms with Gasteiger partial charge in [-0.2, -0.15) is 0 Å². The number of carbonyl (C=O) groups excluding carboxylic acids is 3. The van der Waals surface area contributed by atoms with E-state index in [1.54, 1.807) is 4.90 Å². The summed E-state index contributed by atoms with van der Waals surface area (Å²) in [6, 6.07) is 12.2. The molecule has 1 N–H and O–H groups in total. The molecular weight excluding hydrogens is 456 g/mol. The van der Waals surface area contributed by atoms with Crippen LogP contribution in [-0.4, -0.2) is 51.3 Å². The minimum absolute atomic E-state index is 0.0977. The van der Waals surface area contributed by atoms with Gasteiger partial charge < -0.3 is 14.2 Å². The third-order valence-corrected chi connectivity index (χ3v) is 9.09. The first kappa shape index (κ1) is 20.5. The van der Waals surface area contributed by atoms with Crippen molar-refractivity contribution in [2.45, 2.75) is 56.4 Å². The Morgan fingerprint density at radius 3 is 2.86 bits per heavy atom. The molecule has 5 aliphatic rings. The average molecular weight is 483 g/mol. The van der Waals surface area contributed by atoms with E-state index >= 15 is 0 Å². The Labute approximate surface area is 207 Å². The number of hydrogen-bond acceptors (Lipinski definition) is 5. The summed E-state index contributed by atoms with van der Waals surface area (Å²) in [5.41, 5.74) is 5.40. The summed E-state index contributed by atoms with van der Waals surface area (Å²) < 4.78 is 8.70. The number of nitrogens with zero attached hydrogens (tertiary/aromatic N) is 3. The standard InChI is InChI=1S/C28H26N4O4/c33-23-5-4-21(26(34)29-23)32-14-18-10-20-22(11-19(18)27(32)35)36-15-28(20)7-9-30-13-17-3-1-2-16-6-8-31(25(16)17)24(30)12-28/h1-3,6,8,10-11,21,24H,4-5,7,9,12-15H2,(H,29,33,34). The SMILES string of the molecule is O=C1CCC(N2Cc3cc4c(cc3C2=O)OCC42CCN3Cc4cccc5ccn(c45)C3C2)C(=O)N1. The zero-order valence-electron chi connectivity index (χ0n) is 19.8. The van der Waals surface area contributed by atoms with Gasteiger partial charge in [-0.25, -0.2) is 0 Å². The maximum Gasteiger partial charge on any atom is 0.255 e. The molecule has 3 amide bonds. The number of carbonyl (C=O) groups is 3. The van der Waals surface area contributed by atoms with Crippen LogP contribution in [0.3, 0.4) is 0 Å². The van der Waals surface area contributed by atoms with E-state index in [0.717, 1.165) is 37.2 Å². The third-order valence-electron chi connectivity index (χ3n) is 9.09. The molecule has 5 aliphatic heterocycles. The van der Waals surface area contributed by atoms with Crippen molar-refractivity contribution in [3.05, 3.63) is 64.8 Å². The van der Waals surface area contributed by atoms with Gasteiger partial charge in [0.25, 0.3) is 5.91 Å². The van der Waals surface area contributed by atoms with E-state index in [1.807, 2.05) is 6.07 Å². The molecule has 8 rings (SSSR count). The molecule has 3 unspecified atom stereocenters. The molecule has 0 aliphatic carbocycles. The van der Waals surface area contributed by atoms with Crippen LogP contribution < -0.4 is 10.1 Å². The Bertz CT molecular complexity index is 1510. The van der Waals surface area contributed by atoms with E-state index in [1.165, 1.54) is 22.0 Å². The zero-order chi connectivity index (χ0) is 24.2. The monoisotopic (exact) mass is 482 g/mol. The average Bonchev–Trinajstić information content (AvgIpc) is 3.55. The number of fused-ring (bicyclic) bond motifs is 5. The minimum atomic E-state index is -0.603. The highest BCUT2D eigenvalue weighted by Crippen LogP contribution is 2.52. The van der Waals surface area contributed by atoms with Crippen LogP contribution in [0.15, 0.2) is 42.6 Å². The van der Waals surface area contributed by atoms with E-state index in [-0.39, 0.29) is 35.7 Å². The molecule has 36 heavy (non-hydrogen) atoms. The third kappa shape index (κ3) is 2.65. The molecular formula is C28H26N4O4. The van der Waals surface area contributed by atoms with Crippen molar-refractivity contribution in [1.82, 2.24) is 19.7 Å². The Balaban J connectivity index is 1.14. The van der Waals surface area contributed by atoms with Gasteiger partial charge in [-0.05, 0) is 54.0 Å². The molecule has 0 saturated carbocycles. The Kier molecular flexibility index (Phi) is 3.98. The lowest BCUT2D eigenvalue weighted by Crippen LogP contribution is -2.52. The largest absolute Gasteiger partial charge is 0.492 e. The van der Waals surface area contributed by atoms with Gasteiger partial charge in [0, 0.05) is 48.8 Å². The number of amides is 3. The molecule has 8 heteroatoms. The van der Waals surface area contributed by atoms with E-state index in [2.05, 4.69) is 51.3 Å². The molecule has 1 spiro atoms. The van der Waals surface area contributed by atoms with Crippen LogP contribution in [0.5, 0.6) is 5.75 Å². The fraction of sp³-hybridized carbons (Fsp3) is 0.393. The van der Waals surface area contributed by atoms with Crippen LogP contribution >= 0.6 is 0 Å². The van der Waals surface area contributed by atoms with Crippen molar-refractivity contribution in [2.24, 2.45) is 0 Å². The summed E-state index contributed by atoms with van der Waals surface area (Å²) in [7, 11) is 0. The molecule has 2 aromatic carbocycles. The van der Waals surface area contributed by atoms with Gasteiger partial charge >= 0.3 is 0 Å². The number of nitrogens with one attached hydrogen (secondary N) is 1. The lowest BCUT2D eigenvalue weighted by atomic mass is 9.72. The van der Waals surface area contributed by atoms with Gasteiger partial charge in [0.05, 0.1) is 18.3 Å². The lowest BCUT2D eigenvalue weighted by Gasteiger charge is -2.47. The first-order chi connectivity index (χ1) is 17.5. The van der Waals surface area contributed by atoms with Crippen LogP contribution in [0.1, 0.15) is 58.9 Å². The molecule has 8 nitrogen and oxygen atoms in total. The van der Waals surface area contributed by atoms with Crippen LogP contribution in [0.4, 0.5) is 0 Å². The van der Waals surface area contributed by atoms with Crippen molar-refractivity contribution in [1.29, 1.82) is 0 Å². The Hall–Kier alpha value is -3.65. The summed E-state index contributed by atoms with van der Waals surface area (Å²) in [4.78, 5) is 41.5. The normalized spacial score (nSPS) is 28.8. The maximum absolute atomic E-state index is 13.3. The van der Waals surface area contributed by atoms with Gasteiger partial charge in [-0.3, -0.25) is 24.6 Å². The summed E-state index contributed by atoms with van der Waals surface area (Å²) in [5, 5.41) is 3.67. The minimum Gasteiger partial charge on any atom is -0.492 e. The van der Waals surface area contributed by atoms with Crippen molar-refractivity contribution in [3.63, 3.8) is 0 Å². The van der Waals surface area contributed by atoms with E-state index in [9.17, 15) is 14.4 Å². The zero-order valence-corrected chi connectivity index (χ0v) is 19.8. The smallest absolute Gasteiger partial charge is 0.255 e. The van der Waals surface area contributed by atoms with E-state index in [0.29, 0.717) is 25.1 Å². The topological polar surface area (TPSA) is 83.9 Å². The summed E-state index contributed by atoms with van der Waals surface area (Å²) >= 11 is 0. The van der Waals surface area contributed by atoms with Gasteiger partial charge in [0.1, 0.15) is 11.8 Å². The summed E-state index contributed by atoms with van der Waals surface area (Å²) in [6.07, 6.45) is 5.09. The van der Waals surface area contributed by atoms with Gasteiger partial charge in [-0.15, -0.1) is 0 Å². The van der Waals surface area contributed by atoms with Gasteiger partial charge in [-0.1, -0.05) is 18.2 Å². The second-order valence-corrected chi connectivity index (χ2v) is 11.0. The fourth-order valence-electron chi connectivity index (χ4n) is 7.24. The molecule has 6 heterocycles. The van der Waals surface area contributed by atoms with Crippen LogP contribution in [0.25, 0.3) is 10.9 Å². The first-order valence-electron chi connectivity index (χ1n) is 12.8. The number of aromatic nitrogens is 1. The first-order valence-corrected chi connectivity index (χ1v) is 12.8. The maximum atomic E-state index is 13.3. The molecule has 1 aromatic heterocycles. The quantitative estimate of drug-likeness (QED) is 0.540. The molecule has 0 bridgehead atoms. The van der Waals surface area contributed by atoms with Crippen LogP contribution in [-0.2, 0) is 28.1 Å². The highest BCUT2D eigenvalue weighted by Gasteiger charge is 2.49. The second kappa shape index (κ2) is 6.97. The van der Waals surface area contributed by atoms with Crippen molar-refractivity contribution >= 4 is 28.6 Å². The lowest BCUT2D eigenvalue weighted by molar-refractivity contribution is -0.136. The Morgan fingerprint density at radius 2 is 1.97 bits per heavy atom. The molecule has 2 saturated heterocycles. The molecule has 3 aromatic rings. The highest BCUT2D eigenvalue weighted by atomic mass is 16.5. The molecule has 3 atom stereocenters. The molecule has 0 radical (unpaired) electrons. The summed E-state index contributed by atoms with van der Waals surface area (Å²) in [6.45, 7) is 2.98. The number of imide groups is 1. The molecule has 2 fully saturated rings. The Morgan fingerprint density at radius 1 is 1.06 bits per heavy atom. The number of hydrogen-bond donors (Lipinski definition) is 1. The predicted octanol–water partition coefficient (Wildman–Crippen LogP) is 2.84. The number of rotatable bonds is 1. The number of piperidine rings is 2. The number of para-hydroxylation sites is 1. The highest BCUT2D eigenvalue weighted by molar-refractivity contribution is 6.05. The van der Waals surface area contributed by atoms with Crippen molar-refractivity contribution in [2.75, 3.05) is 13.2 Å². The van der Waals surface area contributed by atoms with E-state index in [4.69, 9.17) is 4.74 Å². The van der Waals surface area contributed by atoms with E-state index < -0.39 is 6.04 Å². The predicted molar refractivity (Wildman–Crippen MR) is 130 cm³/mol. The van der Waals surface area contributed by atoms with Crippen molar-refractivity contribution in [3.8, 4) is 5.75 Å². The van der Waals surface area contributed by atoms with Gasteiger partial charge in [0.15, 0.2) is 0 Å². The summed E-state index contributed by atoms with van der Waals surface area (Å²) in [5.74, 6) is -0.00291. The number of benzene rings is 2. The molecule has 182 valence electrons. The fourth-order valence-corrected chi connectivity index (χ4v) is 7.24. The number of ether oxygens (including phenoxy) is 1. The second-order valence-electron chi connectivity index (χ2n) is 11.0. The van der Waals surface area contributed by atoms with Gasteiger partial charge in [0.2, 0.25) is 11.8 Å². The van der Waals surface area contributed by atoms with Crippen LogP contribution in [0.2, 0.25) is 0 Å². The van der Waals surface area contributed by atoms with Crippen molar-refractivity contribution < 1.29 is 19.1 Å².